The summed E-state index contributed by atoms with van der Waals surface area (Å²) in [5.41, 5.74) is -0.0527. The Hall–Kier alpha value is -2.90. The maximum atomic E-state index is 12.7. The van der Waals surface area contributed by atoms with Gasteiger partial charge in [-0.05, 0) is 24.3 Å². The Morgan fingerprint density at radius 1 is 1.21 bits per heavy atom. The summed E-state index contributed by atoms with van der Waals surface area (Å²) in [4.78, 5) is 28.7. The molecule has 1 aromatic carbocycles. The van der Waals surface area contributed by atoms with Crippen molar-refractivity contribution in [3.63, 3.8) is 0 Å². The van der Waals surface area contributed by atoms with Crippen molar-refractivity contribution in [3.05, 3.63) is 58.2 Å². The third-order valence-corrected chi connectivity index (χ3v) is 2.18. The largest absolute Gasteiger partial charge is 0.305 e. The van der Waals surface area contributed by atoms with E-state index in [0.717, 1.165) is 24.5 Å². The van der Waals surface area contributed by atoms with Gasteiger partial charge in [-0.3, -0.25) is 20.2 Å². The number of halogens is 1. The molecule has 1 aromatic heterocycles. The van der Waals surface area contributed by atoms with Gasteiger partial charge in [0.2, 0.25) is 5.95 Å². The average molecular weight is 262 g/mol. The quantitative estimate of drug-likeness (QED) is 0.671. The number of hydrogen-bond donors (Lipinski definition) is 1. The predicted octanol–water partition coefficient (Wildman–Crippen LogP) is 1.78. The highest BCUT2D eigenvalue weighted by Gasteiger charge is 2.10. The number of benzene rings is 1. The van der Waals surface area contributed by atoms with Crippen molar-refractivity contribution in [2.75, 3.05) is 5.32 Å². The summed E-state index contributed by atoms with van der Waals surface area (Å²) in [6, 6.07) is 4.89. The standard InChI is InChI=1S/C11H7FN4O3/c12-8-3-1-7(2-4-8)10(17)15-11-13-5-9(6-14-11)16(18)19/h1-6H,(H,13,14,15,17). The molecule has 0 bridgehead atoms. The zero-order chi connectivity index (χ0) is 13.8. The fourth-order valence-electron chi connectivity index (χ4n) is 1.26. The molecule has 96 valence electrons. The molecule has 7 nitrogen and oxygen atoms in total. The third kappa shape index (κ3) is 3.06. The molecule has 0 spiro atoms. The molecule has 2 rings (SSSR count). The second-order valence-corrected chi connectivity index (χ2v) is 3.48. The van der Waals surface area contributed by atoms with Gasteiger partial charge in [0, 0.05) is 5.56 Å². The van der Waals surface area contributed by atoms with Crippen LogP contribution >= 0.6 is 0 Å². The van der Waals surface area contributed by atoms with Crippen LogP contribution in [0, 0.1) is 15.9 Å². The number of carbonyl (C=O) groups is 1. The molecule has 0 saturated carbocycles. The van der Waals surface area contributed by atoms with Gasteiger partial charge in [0.25, 0.3) is 5.91 Å². The van der Waals surface area contributed by atoms with Crippen LogP contribution in [0.3, 0.4) is 0 Å². The number of nitrogens with one attached hydrogen (secondary N) is 1. The Labute approximate surface area is 106 Å². The van der Waals surface area contributed by atoms with E-state index in [1.54, 1.807) is 0 Å². The van der Waals surface area contributed by atoms with E-state index in [2.05, 4.69) is 15.3 Å². The third-order valence-electron chi connectivity index (χ3n) is 2.18. The summed E-state index contributed by atoms with van der Waals surface area (Å²) in [7, 11) is 0. The Morgan fingerprint density at radius 3 is 2.32 bits per heavy atom. The summed E-state index contributed by atoms with van der Waals surface area (Å²) in [5.74, 6) is -1.06. The van der Waals surface area contributed by atoms with E-state index in [-0.39, 0.29) is 17.2 Å². The lowest BCUT2D eigenvalue weighted by Crippen LogP contribution is -2.14. The molecule has 1 heterocycles. The zero-order valence-corrected chi connectivity index (χ0v) is 9.41. The molecule has 2 aromatic rings. The summed E-state index contributed by atoms with van der Waals surface area (Å²) < 4.78 is 12.7. The van der Waals surface area contributed by atoms with Gasteiger partial charge < -0.3 is 0 Å². The first kappa shape index (κ1) is 12.6. The number of hydrogen-bond acceptors (Lipinski definition) is 5. The van der Waals surface area contributed by atoms with Crippen molar-refractivity contribution in [3.8, 4) is 0 Å². The molecule has 0 aliphatic heterocycles. The minimum atomic E-state index is -0.647. The number of nitro groups is 1. The van der Waals surface area contributed by atoms with Gasteiger partial charge in [-0.1, -0.05) is 0 Å². The lowest BCUT2D eigenvalue weighted by molar-refractivity contribution is -0.385. The number of carbonyl (C=O) groups excluding carboxylic acids is 1. The maximum Gasteiger partial charge on any atom is 0.305 e. The van der Waals surface area contributed by atoms with Gasteiger partial charge in [0.15, 0.2) is 0 Å². The molecule has 0 radical (unpaired) electrons. The first-order valence-corrected chi connectivity index (χ1v) is 5.09. The predicted molar refractivity (Wildman–Crippen MR) is 63.0 cm³/mol. The topological polar surface area (TPSA) is 98.0 Å². The molecule has 0 aliphatic rings. The maximum absolute atomic E-state index is 12.7. The molecular formula is C11H7FN4O3. The SMILES string of the molecule is O=C(Nc1ncc([N+](=O)[O-])cn1)c1ccc(F)cc1. The summed E-state index contributed by atoms with van der Waals surface area (Å²) >= 11 is 0. The van der Waals surface area contributed by atoms with E-state index in [1.807, 2.05) is 0 Å². The van der Waals surface area contributed by atoms with E-state index in [0.29, 0.717) is 0 Å². The van der Waals surface area contributed by atoms with Gasteiger partial charge in [-0.15, -0.1) is 0 Å². The summed E-state index contributed by atoms with van der Waals surface area (Å²) in [5, 5.41) is 12.7. The number of nitrogens with zero attached hydrogens (tertiary/aromatic N) is 3. The molecule has 19 heavy (non-hydrogen) atoms. The molecule has 1 amide bonds. The monoisotopic (exact) mass is 262 g/mol. The van der Waals surface area contributed by atoms with E-state index in [1.165, 1.54) is 12.1 Å². The van der Waals surface area contributed by atoms with Crippen LogP contribution in [0.5, 0.6) is 0 Å². The van der Waals surface area contributed by atoms with Crippen LogP contribution in [0.15, 0.2) is 36.7 Å². The average Bonchev–Trinajstić information content (AvgIpc) is 2.40. The normalized spacial score (nSPS) is 9.95. The van der Waals surface area contributed by atoms with Crippen LogP contribution in [0.25, 0.3) is 0 Å². The van der Waals surface area contributed by atoms with Crippen molar-refractivity contribution in [1.82, 2.24) is 9.97 Å². The first-order valence-electron chi connectivity index (χ1n) is 5.09. The molecule has 0 fully saturated rings. The molecule has 0 unspecified atom stereocenters. The van der Waals surface area contributed by atoms with Crippen molar-refractivity contribution >= 4 is 17.5 Å². The number of rotatable bonds is 3. The highest BCUT2D eigenvalue weighted by molar-refractivity contribution is 6.03. The molecular weight excluding hydrogens is 255 g/mol. The van der Waals surface area contributed by atoms with Crippen LogP contribution in [0.1, 0.15) is 10.4 Å². The summed E-state index contributed by atoms with van der Waals surface area (Å²) in [6.45, 7) is 0. The fourth-order valence-corrected chi connectivity index (χ4v) is 1.26. The number of amides is 1. The van der Waals surface area contributed by atoms with Crippen LogP contribution < -0.4 is 5.32 Å². The van der Waals surface area contributed by atoms with E-state index in [4.69, 9.17) is 0 Å². The molecule has 0 atom stereocenters. The molecule has 1 N–H and O–H groups in total. The lowest BCUT2D eigenvalue weighted by Gasteiger charge is -2.02. The van der Waals surface area contributed by atoms with Crippen LogP contribution in [-0.4, -0.2) is 20.8 Å². The van der Waals surface area contributed by atoms with Crippen LogP contribution in [0.4, 0.5) is 16.0 Å². The smallest absolute Gasteiger partial charge is 0.290 e. The van der Waals surface area contributed by atoms with E-state index >= 15 is 0 Å². The second-order valence-electron chi connectivity index (χ2n) is 3.48. The van der Waals surface area contributed by atoms with Crippen molar-refractivity contribution in [1.29, 1.82) is 0 Å². The Kier molecular flexibility index (Phi) is 3.42. The van der Waals surface area contributed by atoms with E-state index in [9.17, 15) is 19.3 Å². The highest BCUT2D eigenvalue weighted by Crippen LogP contribution is 2.09. The van der Waals surface area contributed by atoms with Crippen molar-refractivity contribution in [2.45, 2.75) is 0 Å². The van der Waals surface area contributed by atoms with Crippen molar-refractivity contribution < 1.29 is 14.1 Å². The minimum absolute atomic E-state index is 0.0695. The van der Waals surface area contributed by atoms with Gasteiger partial charge in [0.05, 0.1) is 4.92 Å². The second kappa shape index (κ2) is 5.17. The van der Waals surface area contributed by atoms with E-state index < -0.39 is 16.6 Å². The van der Waals surface area contributed by atoms with Gasteiger partial charge >= 0.3 is 5.69 Å². The minimum Gasteiger partial charge on any atom is -0.290 e. The highest BCUT2D eigenvalue weighted by atomic mass is 19.1. The Morgan fingerprint density at radius 2 is 1.79 bits per heavy atom. The number of anilines is 1. The Bertz CT molecular complexity index is 613. The van der Waals surface area contributed by atoms with Crippen molar-refractivity contribution in [2.24, 2.45) is 0 Å². The molecule has 0 aliphatic carbocycles. The lowest BCUT2D eigenvalue weighted by atomic mass is 10.2. The van der Waals surface area contributed by atoms with Crippen LogP contribution in [-0.2, 0) is 0 Å². The molecule has 0 saturated heterocycles. The van der Waals surface area contributed by atoms with Crippen LogP contribution in [0.2, 0.25) is 0 Å². The fraction of sp³-hybridized carbons (Fsp3) is 0. The van der Waals surface area contributed by atoms with Gasteiger partial charge in [-0.25, -0.2) is 14.4 Å². The number of aromatic nitrogens is 2. The molecule has 8 heteroatoms. The van der Waals surface area contributed by atoms with Gasteiger partial charge in [-0.2, -0.15) is 0 Å². The zero-order valence-electron chi connectivity index (χ0n) is 9.41. The first-order chi connectivity index (χ1) is 9.06. The van der Waals surface area contributed by atoms with Gasteiger partial charge in [0.1, 0.15) is 18.2 Å². The summed E-state index contributed by atoms with van der Waals surface area (Å²) in [6.07, 6.45) is 1.96. The Balaban J connectivity index is 2.10.